The van der Waals surface area contributed by atoms with Gasteiger partial charge in [0, 0.05) is 24.5 Å². The summed E-state index contributed by atoms with van der Waals surface area (Å²) in [5.41, 5.74) is 8.10. The third-order valence-corrected chi connectivity index (χ3v) is 7.78. The summed E-state index contributed by atoms with van der Waals surface area (Å²) in [5.74, 6) is 0.929. The van der Waals surface area contributed by atoms with Crippen LogP contribution in [-0.2, 0) is 6.42 Å². The minimum absolute atomic E-state index is 0.394. The van der Waals surface area contributed by atoms with Gasteiger partial charge in [0.05, 0.1) is 40.8 Å². The van der Waals surface area contributed by atoms with E-state index in [1.807, 2.05) is 24.4 Å². The van der Waals surface area contributed by atoms with Crippen LogP contribution in [0.2, 0.25) is 0 Å². The molecule has 0 bridgehead atoms. The lowest BCUT2D eigenvalue weighted by Gasteiger charge is -2.19. The first kappa shape index (κ1) is 21.1. The van der Waals surface area contributed by atoms with E-state index < -0.39 is 0 Å². The van der Waals surface area contributed by atoms with Crippen molar-refractivity contribution in [2.24, 2.45) is 0 Å². The molecule has 6 heteroatoms. The molecule has 6 rings (SSSR count). The largest absolute Gasteiger partial charge is 0.495 e. The molecule has 4 aromatic rings. The topological polar surface area (TPSA) is 50.9 Å². The molecule has 1 saturated heterocycles. The molecule has 170 valence electrons. The van der Waals surface area contributed by atoms with Gasteiger partial charge in [-0.3, -0.25) is 4.98 Å². The number of anilines is 1. The fraction of sp³-hybridized carbons (Fsp3) is 0.250. The number of ether oxygens (including phenoxy) is 1. The lowest BCUT2D eigenvalue weighted by molar-refractivity contribution is 0.416. The number of thiazole rings is 1. The lowest BCUT2D eigenvalue weighted by atomic mass is 9.90. The Labute approximate surface area is 203 Å². The summed E-state index contributed by atoms with van der Waals surface area (Å²) in [6.07, 6.45) is 9.41. The van der Waals surface area contributed by atoms with Gasteiger partial charge in [-0.15, -0.1) is 11.3 Å². The highest BCUT2D eigenvalue weighted by molar-refractivity contribution is 7.18. The molecule has 4 heterocycles. The van der Waals surface area contributed by atoms with Crippen molar-refractivity contribution >= 4 is 22.6 Å². The molecule has 0 saturated carbocycles. The van der Waals surface area contributed by atoms with Crippen LogP contribution in [0.25, 0.3) is 26.7 Å². The Kier molecular flexibility index (Phi) is 5.38. The van der Waals surface area contributed by atoms with Crippen LogP contribution < -0.4 is 9.64 Å². The quantitative estimate of drug-likeness (QED) is 0.328. The van der Waals surface area contributed by atoms with Crippen molar-refractivity contribution in [3.8, 4) is 26.9 Å². The summed E-state index contributed by atoms with van der Waals surface area (Å²) >= 11 is 1.69. The average molecular weight is 467 g/mol. The molecule has 2 aliphatic rings. The molecule has 1 fully saturated rings. The molecule has 1 atom stereocenters. The van der Waals surface area contributed by atoms with Gasteiger partial charge in [0.15, 0.2) is 0 Å². The van der Waals surface area contributed by atoms with Crippen LogP contribution in [0.15, 0.2) is 67.0 Å². The summed E-state index contributed by atoms with van der Waals surface area (Å²) in [7, 11) is 1.74. The van der Waals surface area contributed by atoms with Crippen molar-refractivity contribution in [2.45, 2.75) is 32.2 Å². The van der Waals surface area contributed by atoms with Crippen LogP contribution in [0.1, 0.15) is 29.8 Å². The Morgan fingerprint density at radius 1 is 1.06 bits per heavy atom. The number of hydrogen-bond acceptors (Lipinski definition) is 6. The second kappa shape index (κ2) is 8.69. The molecule has 1 aliphatic carbocycles. The Morgan fingerprint density at radius 3 is 2.82 bits per heavy atom. The Bertz CT molecular complexity index is 1380. The number of fused-ring (bicyclic) bond motifs is 1. The van der Waals surface area contributed by atoms with Crippen molar-refractivity contribution in [1.82, 2.24) is 15.0 Å². The number of nitrogens with zero attached hydrogens (tertiary/aromatic N) is 4. The first-order valence-corrected chi connectivity index (χ1v) is 12.5. The number of aryl methyl sites for hydroxylation is 2. The van der Waals surface area contributed by atoms with Crippen molar-refractivity contribution in [2.75, 3.05) is 18.6 Å². The van der Waals surface area contributed by atoms with E-state index >= 15 is 0 Å². The monoisotopic (exact) mass is 466 g/mol. The maximum Gasteiger partial charge on any atom is 0.142 e. The molecule has 3 aromatic heterocycles. The SMILES string of the molecule is COc1ccccc1N1CC1C=C1CCCc2ccc(-c3sc(-c4cccnc4)nc3C)nc21. The number of hydrogen-bond donors (Lipinski definition) is 0. The third kappa shape index (κ3) is 3.88. The number of benzene rings is 1. The molecule has 0 spiro atoms. The van der Waals surface area contributed by atoms with Gasteiger partial charge < -0.3 is 9.64 Å². The van der Waals surface area contributed by atoms with Crippen molar-refractivity contribution in [3.63, 3.8) is 0 Å². The third-order valence-electron chi connectivity index (χ3n) is 6.55. The number of methoxy groups -OCH3 is 1. The zero-order valence-corrected chi connectivity index (χ0v) is 20.2. The molecule has 1 unspecified atom stereocenters. The Morgan fingerprint density at radius 2 is 1.97 bits per heavy atom. The minimum atomic E-state index is 0.394. The minimum Gasteiger partial charge on any atom is -0.495 e. The van der Waals surface area contributed by atoms with E-state index in [0.717, 1.165) is 63.4 Å². The normalized spacial score (nSPS) is 18.1. The van der Waals surface area contributed by atoms with E-state index in [1.165, 1.54) is 17.6 Å². The molecular weight excluding hydrogens is 440 g/mol. The molecule has 0 radical (unpaired) electrons. The second-order valence-electron chi connectivity index (χ2n) is 8.82. The summed E-state index contributed by atoms with van der Waals surface area (Å²) in [6.45, 7) is 3.08. The lowest BCUT2D eigenvalue weighted by Crippen LogP contribution is -2.07. The highest BCUT2D eigenvalue weighted by atomic mass is 32.1. The van der Waals surface area contributed by atoms with Crippen LogP contribution >= 0.6 is 11.3 Å². The standard InChI is InChI=1S/C28H26N4OS/c1-18-27(34-28(30-18)21-9-6-14-29-16-21)23-13-12-19-7-5-8-20(26(19)31-23)15-22-17-32(22)24-10-3-4-11-25(24)33-2/h3-4,6,9-16,22H,5,7-8,17H2,1-2H3. The number of allylic oxidation sites excluding steroid dienone is 1. The molecule has 0 amide bonds. The van der Waals surface area contributed by atoms with E-state index in [9.17, 15) is 0 Å². The summed E-state index contributed by atoms with van der Waals surface area (Å²) in [4.78, 5) is 17.8. The zero-order valence-electron chi connectivity index (χ0n) is 19.4. The van der Waals surface area contributed by atoms with Gasteiger partial charge in [0.25, 0.3) is 0 Å². The maximum absolute atomic E-state index is 5.57. The van der Waals surface area contributed by atoms with E-state index in [-0.39, 0.29) is 0 Å². The van der Waals surface area contributed by atoms with Gasteiger partial charge in [-0.05, 0) is 67.7 Å². The highest BCUT2D eigenvalue weighted by Gasteiger charge is 2.35. The van der Waals surface area contributed by atoms with Crippen LogP contribution in [0.3, 0.4) is 0 Å². The summed E-state index contributed by atoms with van der Waals surface area (Å²) in [5, 5.41) is 0.987. The molecule has 34 heavy (non-hydrogen) atoms. The van der Waals surface area contributed by atoms with E-state index in [0.29, 0.717) is 6.04 Å². The zero-order chi connectivity index (χ0) is 23.1. The molecule has 0 N–H and O–H groups in total. The van der Waals surface area contributed by atoms with Crippen molar-refractivity contribution in [3.05, 3.63) is 84.0 Å². The number of aromatic nitrogens is 3. The van der Waals surface area contributed by atoms with Gasteiger partial charge >= 0.3 is 0 Å². The smallest absolute Gasteiger partial charge is 0.142 e. The average Bonchev–Trinajstić information content (AvgIpc) is 3.54. The Balaban J connectivity index is 1.32. The first-order valence-electron chi connectivity index (χ1n) is 11.7. The summed E-state index contributed by atoms with van der Waals surface area (Å²) in [6, 6.07) is 17.1. The highest BCUT2D eigenvalue weighted by Crippen LogP contribution is 2.40. The predicted molar refractivity (Wildman–Crippen MR) is 138 cm³/mol. The van der Waals surface area contributed by atoms with Gasteiger partial charge in [0.1, 0.15) is 10.8 Å². The van der Waals surface area contributed by atoms with Gasteiger partial charge in [0.2, 0.25) is 0 Å². The Hall–Kier alpha value is -3.51. The number of para-hydroxylation sites is 2. The van der Waals surface area contributed by atoms with Gasteiger partial charge in [-0.2, -0.15) is 0 Å². The van der Waals surface area contributed by atoms with Crippen LogP contribution in [0.4, 0.5) is 5.69 Å². The van der Waals surface area contributed by atoms with Crippen LogP contribution in [0.5, 0.6) is 5.75 Å². The van der Waals surface area contributed by atoms with Crippen LogP contribution in [0, 0.1) is 6.92 Å². The van der Waals surface area contributed by atoms with E-state index in [1.54, 1.807) is 24.6 Å². The number of rotatable bonds is 5. The van der Waals surface area contributed by atoms with Crippen LogP contribution in [-0.4, -0.2) is 34.6 Å². The van der Waals surface area contributed by atoms with E-state index in [2.05, 4.69) is 53.2 Å². The number of pyridine rings is 2. The van der Waals surface area contributed by atoms with Crippen molar-refractivity contribution < 1.29 is 4.74 Å². The first-order chi connectivity index (χ1) is 16.7. The molecule has 1 aromatic carbocycles. The van der Waals surface area contributed by atoms with Crippen molar-refractivity contribution in [1.29, 1.82) is 0 Å². The van der Waals surface area contributed by atoms with E-state index in [4.69, 9.17) is 14.7 Å². The molecular formula is C28H26N4OS. The fourth-order valence-corrected chi connectivity index (χ4v) is 5.79. The van der Waals surface area contributed by atoms with Gasteiger partial charge in [-0.25, -0.2) is 9.97 Å². The predicted octanol–water partition coefficient (Wildman–Crippen LogP) is 6.19. The fourth-order valence-electron chi connectivity index (χ4n) is 4.76. The second-order valence-corrected chi connectivity index (χ2v) is 9.82. The summed E-state index contributed by atoms with van der Waals surface area (Å²) < 4.78 is 5.57. The maximum atomic E-state index is 5.57. The molecule has 5 nitrogen and oxygen atoms in total. The van der Waals surface area contributed by atoms with Gasteiger partial charge in [-0.1, -0.05) is 24.3 Å². The molecule has 1 aliphatic heterocycles.